The number of nitriles is 1. The van der Waals surface area contributed by atoms with Crippen LogP contribution in [0.4, 0.5) is 0 Å². The molecule has 0 saturated heterocycles. The molecule has 0 fully saturated rings. The lowest BCUT2D eigenvalue weighted by molar-refractivity contribution is -0.142. The Labute approximate surface area is 122 Å². The Morgan fingerprint density at radius 1 is 1.29 bits per heavy atom. The summed E-state index contributed by atoms with van der Waals surface area (Å²) >= 11 is 0. The van der Waals surface area contributed by atoms with Crippen molar-refractivity contribution in [3.8, 4) is 11.8 Å². The molecule has 1 N–H and O–H groups in total. The van der Waals surface area contributed by atoms with Crippen molar-refractivity contribution in [2.24, 2.45) is 5.41 Å². The fourth-order valence-corrected chi connectivity index (χ4v) is 1.82. The molecule has 5 nitrogen and oxygen atoms in total. The molecule has 0 amide bonds. The highest BCUT2D eigenvalue weighted by Gasteiger charge is 2.27. The number of carbonyl (C=O) groups is 2. The molecule has 1 aromatic carbocycles. The number of benzene rings is 1. The van der Waals surface area contributed by atoms with Gasteiger partial charge in [0.1, 0.15) is 12.1 Å². The average Bonchev–Trinajstić information content (AvgIpc) is 2.77. The second-order valence-corrected chi connectivity index (χ2v) is 5.77. The molecular weight excluding hydrogens is 268 g/mol. The van der Waals surface area contributed by atoms with E-state index in [0.717, 1.165) is 0 Å². The van der Waals surface area contributed by atoms with E-state index in [-0.39, 0.29) is 17.9 Å². The fraction of sp³-hybridized carbons (Fsp3) is 0.312. The summed E-state index contributed by atoms with van der Waals surface area (Å²) in [6.45, 7) is 5.21. The minimum atomic E-state index is -0.687. The van der Waals surface area contributed by atoms with E-state index in [1.165, 1.54) is 0 Å². The van der Waals surface area contributed by atoms with Gasteiger partial charge in [0.2, 0.25) is 0 Å². The number of esters is 1. The summed E-state index contributed by atoms with van der Waals surface area (Å²) < 4.78 is 5.43. The number of hydrogen-bond acceptors (Lipinski definition) is 4. The summed E-state index contributed by atoms with van der Waals surface area (Å²) in [5.74, 6) is -0.630. The summed E-state index contributed by atoms with van der Waals surface area (Å²) in [7, 11) is 0. The highest BCUT2D eigenvalue weighted by molar-refractivity contribution is 6.06. The summed E-state index contributed by atoms with van der Waals surface area (Å²) in [6, 6.07) is 8.97. The van der Waals surface area contributed by atoms with Crippen molar-refractivity contribution >= 4 is 22.7 Å². The lowest BCUT2D eigenvalue weighted by atomic mass is 9.97. The minimum Gasteiger partial charge on any atom is -0.423 e. The third-order valence-corrected chi connectivity index (χ3v) is 2.98. The second-order valence-electron chi connectivity index (χ2n) is 5.77. The Morgan fingerprint density at radius 3 is 2.57 bits per heavy atom. The van der Waals surface area contributed by atoms with Crippen LogP contribution < -0.4 is 4.74 Å². The van der Waals surface area contributed by atoms with E-state index in [4.69, 9.17) is 10.00 Å². The summed E-state index contributed by atoms with van der Waals surface area (Å²) in [5.41, 5.74) is 0.166. The number of hydrogen-bond donors (Lipinski definition) is 1. The Kier molecular flexibility index (Phi) is 3.81. The number of rotatable bonds is 3. The van der Waals surface area contributed by atoms with Gasteiger partial charge in [-0.25, -0.2) is 0 Å². The lowest BCUT2D eigenvalue weighted by Gasteiger charge is -2.16. The van der Waals surface area contributed by atoms with Gasteiger partial charge in [0.25, 0.3) is 0 Å². The number of para-hydroxylation sites is 1. The van der Waals surface area contributed by atoms with Gasteiger partial charge in [-0.05, 0) is 32.9 Å². The van der Waals surface area contributed by atoms with Crippen LogP contribution in [0.1, 0.15) is 37.7 Å². The van der Waals surface area contributed by atoms with E-state index in [1.54, 1.807) is 39.0 Å². The number of nitrogens with zero attached hydrogens (tertiary/aromatic N) is 1. The summed E-state index contributed by atoms with van der Waals surface area (Å²) in [4.78, 5) is 27.0. The zero-order chi connectivity index (χ0) is 15.6. The van der Waals surface area contributed by atoms with Crippen LogP contribution in [-0.4, -0.2) is 16.7 Å². The molecule has 0 bridgehead atoms. The smallest absolute Gasteiger partial charge is 0.316 e. The van der Waals surface area contributed by atoms with Gasteiger partial charge < -0.3 is 9.72 Å². The second kappa shape index (κ2) is 5.41. The molecule has 0 radical (unpaired) electrons. The Hall–Kier alpha value is -2.61. The van der Waals surface area contributed by atoms with E-state index in [9.17, 15) is 9.59 Å². The number of fused-ring (bicyclic) bond motifs is 1. The van der Waals surface area contributed by atoms with Gasteiger partial charge in [0.05, 0.1) is 11.5 Å². The third-order valence-electron chi connectivity index (χ3n) is 2.98. The predicted octanol–water partition coefficient (Wildman–Crippen LogP) is 3.22. The number of ether oxygens (including phenoxy) is 1. The van der Waals surface area contributed by atoms with Crippen LogP contribution >= 0.6 is 0 Å². The van der Waals surface area contributed by atoms with Crippen molar-refractivity contribution in [1.29, 1.82) is 5.26 Å². The van der Waals surface area contributed by atoms with Crippen molar-refractivity contribution in [2.45, 2.75) is 27.2 Å². The Morgan fingerprint density at radius 2 is 1.95 bits per heavy atom. The number of nitrogens with one attached hydrogen (secondary N) is 1. The number of aromatic amines is 1. The van der Waals surface area contributed by atoms with Crippen LogP contribution in [0.3, 0.4) is 0 Å². The number of ketones is 1. The molecule has 0 aliphatic heterocycles. The van der Waals surface area contributed by atoms with Crippen LogP contribution in [0.25, 0.3) is 10.9 Å². The molecule has 0 atom stereocenters. The van der Waals surface area contributed by atoms with Crippen molar-refractivity contribution in [3.05, 3.63) is 30.0 Å². The van der Waals surface area contributed by atoms with Crippen molar-refractivity contribution in [2.75, 3.05) is 0 Å². The number of aromatic nitrogens is 1. The Balaban J connectivity index is 2.54. The number of Topliss-reactive ketones (excluding diaryl/α,β-unsaturated/α-hetero) is 1. The van der Waals surface area contributed by atoms with Crippen LogP contribution in [0.15, 0.2) is 24.3 Å². The van der Waals surface area contributed by atoms with Crippen LogP contribution in [0.5, 0.6) is 5.75 Å². The average molecular weight is 284 g/mol. The maximum atomic E-state index is 12.1. The first-order valence-electron chi connectivity index (χ1n) is 6.57. The van der Waals surface area contributed by atoms with Crippen molar-refractivity contribution < 1.29 is 14.3 Å². The van der Waals surface area contributed by atoms with E-state index in [0.29, 0.717) is 10.9 Å². The number of H-pyrrole nitrogens is 1. The van der Waals surface area contributed by atoms with Crippen molar-refractivity contribution in [3.63, 3.8) is 0 Å². The predicted molar refractivity (Wildman–Crippen MR) is 77.9 cm³/mol. The molecule has 0 unspecified atom stereocenters. The van der Waals surface area contributed by atoms with Gasteiger partial charge in [-0.15, -0.1) is 0 Å². The maximum Gasteiger partial charge on any atom is 0.316 e. The summed E-state index contributed by atoms with van der Waals surface area (Å²) in [5, 5.41) is 9.33. The van der Waals surface area contributed by atoms with Crippen molar-refractivity contribution in [1.82, 2.24) is 4.98 Å². The molecule has 5 heteroatoms. The van der Waals surface area contributed by atoms with Crippen LogP contribution in [0, 0.1) is 16.7 Å². The topological polar surface area (TPSA) is 82.9 Å². The fourth-order valence-electron chi connectivity index (χ4n) is 1.82. The van der Waals surface area contributed by atoms with E-state index in [2.05, 4.69) is 4.98 Å². The highest BCUT2D eigenvalue weighted by Crippen LogP contribution is 2.32. The van der Waals surface area contributed by atoms with E-state index >= 15 is 0 Å². The molecular formula is C16H16N2O3. The van der Waals surface area contributed by atoms with Gasteiger partial charge in [-0.1, -0.05) is 12.1 Å². The molecule has 0 aliphatic carbocycles. The quantitative estimate of drug-likeness (QED) is 0.693. The minimum absolute atomic E-state index is 0.162. The SMILES string of the molecule is CC(C)(C)C(=O)Oc1c(C(=O)CC#N)[nH]c2ccccc12. The normalized spacial score (nSPS) is 11.1. The first-order chi connectivity index (χ1) is 9.84. The zero-order valence-electron chi connectivity index (χ0n) is 12.2. The zero-order valence-corrected chi connectivity index (χ0v) is 12.2. The lowest BCUT2D eigenvalue weighted by Crippen LogP contribution is -2.26. The molecule has 0 saturated carbocycles. The molecule has 0 aliphatic rings. The summed E-state index contributed by atoms with van der Waals surface area (Å²) in [6.07, 6.45) is -0.271. The Bertz CT molecular complexity index is 745. The van der Waals surface area contributed by atoms with Gasteiger partial charge in [-0.2, -0.15) is 5.26 Å². The van der Waals surface area contributed by atoms with Gasteiger partial charge >= 0.3 is 5.97 Å². The first kappa shape index (κ1) is 14.8. The standard InChI is InChI=1S/C16H16N2O3/c1-16(2,3)15(20)21-14-10-6-4-5-7-11(10)18-13(14)12(19)8-9-17/h4-7,18H,8H2,1-3H3. The monoisotopic (exact) mass is 284 g/mol. The third kappa shape index (κ3) is 2.95. The molecule has 1 heterocycles. The molecule has 0 spiro atoms. The largest absolute Gasteiger partial charge is 0.423 e. The highest BCUT2D eigenvalue weighted by atomic mass is 16.5. The molecule has 2 rings (SSSR count). The van der Waals surface area contributed by atoms with E-state index in [1.807, 2.05) is 12.1 Å². The van der Waals surface area contributed by atoms with Crippen LogP contribution in [-0.2, 0) is 4.79 Å². The first-order valence-corrected chi connectivity index (χ1v) is 6.57. The molecule has 2 aromatic rings. The van der Waals surface area contributed by atoms with Gasteiger partial charge in [-0.3, -0.25) is 9.59 Å². The van der Waals surface area contributed by atoms with Gasteiger partial charge in [0, 0.05) is 10.9 Å². The van der Waals surface area contributed by atoms with Crippen LogP contribution in [0.2, 0.25) is 0 Å². The molecule has 21 heavy (non-hydrogen) atoms. The molecule has 108 valence electrons. The molecule has 1 aromatic heterocycles. The van der Waals surface area contributed by atoms with E-state index < -0.39 is 17.2 Å². The maximum absolute atomic E-state index is 12.1. The number of carbonyl (C=O) groups excluding carboxylic acids is 2. The van der Waals surface area contributed by atoms with Gasteiger partial charge in [0.15, 0.2) is 11.5 Å².